The Bertz CT molecular complexity index is 915. The van der Waals surface area contributed by atoms with Gasteiger partial charge in [-0.3, -0.25) is 9.10 Å². The van der Waals surface area contributed by atoms with Crippen molar-refractivity contribution in [2.45, 2.75) is 25.3 Å². The number of halogens is 1. The van der Waals surface area contributed by atoms with Crippen molar-refractivity contribution >= 4 is 21.6 Å². The average Bonchev–Trinajstić information content (AvgIpc) is 2.59. The molecule has 1 N–H and O–H groups in total. The van der Waals surface area contributed by atoms with E-state index >= 15 is 0 Å². The van der Waals surface area contributed by atoms with E-state index in [-0.39, 0.29) is 18.3 Å². The zero-order chi connectivity index (χ0) is 18.7. The summed E-state index contributed by atoms with van der Waals surface area (Å²) in [7, 11) is -3.73. The van der Waals surface area contributed by atoms with Crippen molar-refractivity contribution in [1.82, 2.24) is 5.32 Å². The third-order valence-corrected chi connectivity index (χ3v) is 5.63. The zero-order valence-electron chi connectivity index (χ0n) is 14.5. The minimum Gasteiger partial charge on any atom is -0.348 e. The maximum Gasteiger partial charge on any atom is 0.241 e. The number of fused-ring (bicyclic) bond motifs is 1. The number of carbonyl (C=O) groups is 1. The fourth-order valence-corrected chi connectivity index (χ4v) is 4.15. The molecule has 0 radical (unpaired) electrons. The van der Waals surface area contributed by atoms with Crippen molar-refractivity contribution in [3.05, 3.63) is 65.5 Å². The van der Waals surface area contributed by atoms with Crippen LogP contribution in [0.3, 0.4) is 0 Å². The van der Waals surface area contributed by atoms with Crippen LogP contribution in [0.4, 0.5) is 10.1 Å². The second-order valence-electron chi connectivity index (χ2n) is 6.46. The first-order chi connectivity index (χ1) is 12.3. The second-order valence-corrected chi connectivity index (χ2v) is 8.37. The molecule has 2 aromatic rings. The van der Waals surface area contributed by atoms with Gasteiger partial charge in [0.15, 0.2) is 0 Å². The SMILES string of the molecule is CS(=O)(=O)N(CC(=O)N[C@H]1CCCc2ccccc21)c1cccc(F)c1. The van der Waals surface area contributed by atoms with Gasteiger partial charge in [-0.2, -0.15) is 0 Å². The molecule has 3 rings (SSSR count). The molecular formula is C19H21FN2O3S. The molecule has 138 valence electrons. The molecule has 7 heteroatoms. The Balaban J connectivity index is 1.77. The number of hydrogen-bond donors (Lipinski definition) is 1. The molecule has 5 nitrogen and oxygen atoms in total. The molecule has 26 heavy (non-hydrogen) atoms. The quantitative estimate of drug-likeness (QED) is 0.873. The van der Waals surface area contributed by atoms with Crippen LogP contribution >= 0.6 is 0 Å². The average molecular weight is 376 g/mol. The second kappa shape index (κ2) is 7.45. The molecule has 0 aliphatic heterocycles. The molecule has 0 unspecified atom stereocenters. The molecule has 2 aromatic carbocycles. The first-order valence-electron chi connectivity index (χ1n) is 8.45. The Morgan fingerprint density at radius 3 is 2.73 bits per heavy atom. The van der Waals surface area contributed by atoms with Gasteiger partial charge in [0.25, 0.3) is 0 Å². The van der Waals surface area contributed by atoms with Gasteiger partial charge >= 0.3 is 0 Å². The van der Waals surface area contributed by atoms with E-state index in [1.165, 1.54) is 23.8 Å². The zero-order valence-corrected chi connectivity index (χ0v) is 15.3. The highest BCUT2D eigenvalue weighted by Gasteiger charge is 2.25. The molecule has 0 saturated carbocycles. The molecule has 0 bridgehead atoms. The summed E-state index contributed by atoms with van der Waals surface area (Å²) in [6, 6.07) is 13.0. The van der Waals surface area contributed by atoms with E-state index in [9.17, 15) is 17.6 Å². The molecule has 1 atom stereocenters. The summed E-state index contributed by atoms with van der Waals surface area (Å²) in [5.41, 5.74) is 2.41. The van der Waals surface area contributed by atoms with Crippen molar-refractivity contribution in [3.8, 4) is 0 Å². The monoisotopic (exact) mass is 376 g/mol. The van der Waals surface area contributed by atoms with Crippen LogP contribution in [0.1, 0.15) is 30.0 Å². The number of nitrogens with one attached hydrogen (secondary N) is 1. The lowest BCUT2D eigenvalue weighted by Gasteiger charge is -2.28. The summed E-state index contributed by atoms with van der Waals surface area (Å²) >= 11 is 0. The van der Waals surface area contributed by atoms with E-state index in [1.807, 2.05) is 24.3 Å². The standard InChI is InChI=1S/C19H21FN2O3S/c1-26(24,25)22(16-9-5-8-15(20)12-16)13-19(23)21-18-11-4-7-14-6-2-3-10-17(14)18/h2-3,5-6,8-10,12,18H,4,7,11,13H2,1H3,(H,21,23)/t18-/m0/s1. The van der Waals surface area contributed by atoms with Gasteiger partial charge in [-0.25, -0.2) is 12.8 Å². The van der Waals surface area contributed by atoms with Gasteiger partial charge in [0, 0.05) is 0 Å². The Labute approximate surface area is 152 Å². The van der Waals surface area contributed by atoms with E-state index in [0.717, 1.165) is 41.5 Å². The van der Waals surface area contributed by atoms with Gasteiger partial charge < -0.3 is 5.32 Å². The summed E-state index contributed by atoms with van der Waals surface area (Å²) in [4.78, 5) is 12.5. The Morgan fingerprint density at radius 1 is 1.23 bits per heavy atom. The molecule has 1 amide bonds. The number of rotatable bonds is 5. The molecule has 0 spiro atoms. The molecular weight excluding hydrogens is 355 g/mol. The number of hydrogen-bond acceptors (Lipinski definition) is 3. The van der Waals surface area contributed by atoms with Crippen molar-refractivity contribution in [1.29, 1.82) is 0 Å². The lowest BCUT2D eigenvalue weighted by Crippen LogP contribution is -2.42. The number of benzene rings is 2. The number of amides is 1. The fourth-order valence-electron chi connectivity index (χ4n) is 3.31. The first-order valence-corrected chi connectivity index (χ1v) is 10.3. The van der Waals surface area contributed by atoms with E-state index in [2.05, 4.69) is 5.32 Å². The van der Waals surface area contributed by atoms with Crippen LogP contribution in [0.15, 0.2) is 48.5 Å². The van der Waals surface area contributed by atoms with Crippen LogP contribution in [0.2, 0.25) is 0 Å². The van der Waals surface area contributed by atoms with Crippen LogP contribution < -0.4 is 9.62 Å². The van der Waals surface area contributed by atoms with Crippen LogP contribution in [0, 0.1) is 5.82 Å². The molecule has 0 heterocycles. The number of carbonyl (C=O) groups excluding carboxylic acids is 1. The summed E-state index contributed by atoms with van der Waals surface area (Å²) in [6.45, 7) is -0.388. The van der Waals surface area contributed by atoms with Crippen LogP contribution in [-0.4, -0.2) is 27.1 Å². The highest BCUT2D eigenvalue weighted by Crippen LogP contribution is 2.29. The molecule has 0 saturated heterocycles. The minimum atomic E-state index is -3.73. The van der Waals surface area contributed by atoms with E-state index in [1.54, 1.807) is 0 Å². The highest BCUT2D eigenvalue weighted by molar-refractivity contribution is 7.92. The number of anilines is 1. The van der Waals surface area contributed by atoms with E-state index in [4.69, 9.17) is 0 Å². The topological polar surface area (TPSA) is 66.5 Å². The Hall–Kier alpha value is -2.41. The summed E-state index contributed by atoms with van der Waals surface area (Å²) in [6.07, 6.45) is 3.74. The minimum absolute atomic E-state index is 0.131. The summed E-state index contributed by atoms with van der Waals surface area (Å²) in [5, 5.41) is 2.92. The third-order valence-electron chi connectivity index (χ3n) is 4.49. The van der Waals surface area contributed by atoms with E-state index < -0.39 is 21.7 Å². The largest absolute Gasteiger partial charge is 0.348 e. The molecule has 1 aliphatic carbocycles. The van der Waals surface area contributed by atoms with Crippen molar-refractivity contribution in [2.24, 2.45) is 0 Å². The van der Waals surface area contributed by atoms with Gasteiger partial charge in [0.05, 0.1) is 18.0 Å². The van der Waals surface area contributed by atoms with Gasteiger partial charge in [0.2, 0.25) is 15.9 Å². The smallest absolute Gasteiger partial charge is 0.241 e. The highest BCUT2D eigenvalue weighted by atomic mass is 32.2. The predicted molar refractivity (Wildman–Crippen MR) is 98.9 cm³/mol. The van der Waals surface area contributed by atoms with Crippen molar-refractivity contribution in [2.75, 3.05) is 17.1 Å². The normalized spacial score (nSPS) is 16.6. The van der Waals surface area contributed by atoms with Crippen molar-refractivity contribution in [3.63, 3.8) is 0 Å². The molecule has 0 fully saturated rings. The van der Waals surface area contributed by atoms with Crippen LogP contribution in [-0.2, 0) is 21.2 Å². The Morgan fingerprint density at radius 2 is 2.00 bits per heavy atom. The number of sulfonamides is 1. The lowest BCUT2D eigenvalue weighted by atomic mass is 9.88. The summed E-state index contributed by atoms with van der Waals surface area (Å²) in [5.74, 6) is -0.973. The third kappa shape index (κ3) is 4.22. The van der Waals surface area contributed by atoms with Crippen LogP contribution in [0.25, 0.3) is 0 Å². The Kier molecular flexibility index (Phi) is 5.27. The van der Waals surface area contributed by atoms with Gasteiger partial charge in [-0.05, 0) is 48.6 Å². The summed E-state index contributed by atoms with van der Waals surface area (Å²) < 4.78 is 38.6. The van der Waals surface area contributed by atoms with Crippen molar-refractivity contribution < 1.29 is 17.6 Å². The first kappa shape index (κ1) is 18.4. The fraction of sp³-hybridized carbons (Fsp3) is 0.316. The van der Waals surface area contributed by atoms with Crippen LogP contribution in [0.5, 0.6) is 0 Å². The number of aryl methyl sites for hydroxylation is 1. The maximum atomic E-state index is 13.5. The maximum absolute atomic E-state index is 13.5. The van der Waals surface area contributed by atoms with Gasteiger partial charge in [-0.15, -0.1) is 0 Å². The van der Waals surface area contributed by atoms with E-state index in [0.29, 0.717) is 0 Å². The predicted octanol–water partition coefficient (Wildman–Crippen LogP) is 2.79. The number of nitrogens with zero attached hydrogens (tertiary/aromatic N) is 1. The van der Waals surface area contributed by atoms with Gasteiger partial charge in [0.1, 0.15) is 12.4 Å². The molecule has 0 aromatic heterocycles. The van der Waals surface area contributed by atoms with Gasteiger partial charge in [-0.1, -0.05) is 30.3 Å². The molecule has 1 aliphatic rings. The lowest BCUT2D eigenvalue weighted by molar-refractivity contribution is -0.120.